The molecule has 0 aliphatic heterocycles. The maximum atomic E-state index is 12.5. The zero-order chi connectivity index (χ0) is 18.7. The third-order valence-electron chi connectivity index (χ3n) is 4.20. The van der Waals surface area contributed by atoms with Crippen LogP contribution < -0.4 is 5.48 Å². The van der Waals surface area contributed by atoms with Gasteiger partial charge >= 0.3 is 0 Å². The van der Waals surface area contributed by atoms with Crippen molar-refractivity contribution >= 4 is 17.5 Å². The van der Waals surface area contributed by atoms with E-state index in [1.807, 2.05) is 69.3 Å². The molecule has 0 atom stereocenters. The molecule has 0 aliphatic carbocycles. The van der Waals surface area contributed by atoms with Crippen LogP contribution in [0.3, 0.4) is 0 Å². The van der Waals surface area contributed by atoms with Crippen LogP contribution in [0.1, 0.15) is 28.5 Å². The molecule has 0 saturated carbocycles. The summed E-state index contributed by atoms with van der Waals surface area (Å²) in [6, 6.07) is 17.7. The number of halogens is 1. The van der Waals surface area contributed by atoms with Gasteiger partial charge in [0.25, 0.3) is 5.91 Å². The molecular formula is C21H21ClN2O2. The van der Waals surface area contributed by atoms with Gasteiger partial charge in [0.2, 0.25) is 0 Å². The van der Waals surface area contributed by atoms with E-state index in [1.165, 1.54) is 0 Å². The number of aryl methyl sites for hydroxylation is 1. The molecular weight excluding hydrogens is 348 g/mol. The number of hydroxylamine groups is 1. The molecule has 5 heteroatoms. The second-order valence-electron chi connectivity index (χ2n) is 6.07. The maximum absolute atomic E-state index is 12.5. The average molecular weight is 369 g/mol. The lowest BCUT2D eigenvalue weighted by Crippen LogP contribution is -2.24. The molecule has 3 rings (SSSR count). The number of hydrogen-bond donors (Lipinski definition) is 1. The lowest BCUT2D eigenvalue weighted by atomic mass is 10.1. The van der Waals surface area contributed by atoms with E-state index in [4.69, 9.17) is 16.4 Å². The van der Waals surface area contributed by atoms with Crippen molar-refractivity contribution in [2.24, 2.45) is 0 Å². The molecule has 4 nitrogen and oxygen atoms in total. The molecule has 26 heavy (non-hydrogen) atoms. The van der Waals surface area contributed by atoms with E-state index in [9.17, 15) is 4.79 Å². The Labute approximate surface area is 158 Å². The fourth-order valence-electron chi connectivity index (χ4n) is 2.96. The minimum Gasteiger partial charge on any atom is -0.313 e. The monoisotopic (exact) mass is 368 g/mol. The van der Waals surface area contributed by atoms with Crippen molar-refractivity contribution in [2.75, 3.05) is 6.61 Å². The minimum absolute atomic E-state index is 0.258. The van der Waals surface area contributed by atoms with Gasteiger partial charge in [0.1, 0.15) is 0 Å². The molecule has 1 amide bonds. The maximum Gasteiger partial charge on any atom is 0.276 e. The Morgan fingerprint density at radius 3 is 2.50 bits per heavy atom. The fraction of sp³-hybridized carbons (Fsp3) is 0.190. The Morgan fingerprint density at radius 2 is 1.85 bits per heavy atom. The average Bonchev–Trinajstić information content (AvgIpc) is 2.97. The fourth-order valence-corrected chi connectivity index (χ4v) is 3.09. The Balaban J connectivity index is 2.17. The van der Waals surface area contributed by atoms with Crippen molar-refractivity contribution in [3.63, 3.8) is 0 Å². The van der Waals surface area contributed by atoms with Crippen LogP contribution in [0.2, 0.25) is 5.02 Å². The number of carbonyl (C=O) groups excluding carboxylic acids is 1. The number of hydrogen-bond acceptors (Lipinski definition) is 2. The highest BCUT2D eigenvalue weighted by atomic mass is 35.5. The van der Waals surface area contributed by atoms with Gasteiger partial charge in [-0.15, -0.1) is 0 Å². The molecule has 0 radical (unpaired) electrons. The lowest BCUT2D eigenvalue weighted by Gasteiger charge is -2.13. The number of rotatable bonds is 5. The van der Waals surface area contributed by atoms with Crippen molar-refractivity contribution in [1.29, 1.82) is 0 Å². The minimum atomic E-state index is -0.258. The Morgan fingerprint density at radius 1 is 1.12 bits per heavy atom. The molecule has 3 aromatic rings. The SMILES string of the molecule is CCONC(=O)c1cc(-c2ccc(Cl)cc2)n(-c2cccc(C)c2)c1C. The first kappa shape index (κ1) is 18.2. The van der Waals surface area contributed by atoms with E-state index in [-0.39, 0.29) is 5.91 Å². The molecule has 0 unspecified atom stereocenters. The van der Waals surface area contributed by atoms with E-state index in [1.54, 1.807) is 0 Å². The number of amides is 1. The summed E-state index contributed by atoms with van der Waals surface area (Å²) in [5.41, 5.74) is 7.96. The van der Waals surface area contributed by atoms with Gasteiger partial charge in [0, 0.05) is 16.4 Å². The number of nitrogens with one attached hydrogen (secondary N) is 1. The summed E-state index contributed by atoms with van der Waals surface area (Å²) in [7, 11) is 0. The third-order valence-corrected chi connectivity index (χ3v) is 4.45. The van der Waals surface area contributed by atoms with Crippen LogP contribution in [0.25, 0.3) is 16.9 Å². The topological polar surface area (TPSA) is 43.3 Å². The van der Waals surface area contributed by atoms with Gasteiger partial charge in [-0.3, -0.25) is 9.63 Å². The molecule has 1 aromatic heterocycles. The second-order valence-corrected chi connectivity index (χ2v) is 6.51. The van der Waals surface area contributed by atoms with Gasteiger partial charge in [-0.25, -0.2) is 5.48 Å². The summed E-state index contributed by atoms with van der Waals surface area (Å²) in [6.07, 6.45) is 0. The van der Waals surface area contributed by atoms with Crippen molar-refractivity contribution in [3.05, 3.63) is 76.4 Å². The first-order valence-corrected chi connectivity index (χ1v) is 8.86. The van der Waals surface area contributed by atoms with Crippen LogP contribution >= 0.6 is 11.6 Å². The van der Waals surface area contributed by atoms with E-state index in [0.29, 0.717) is 17.2 Å². The van der Waals surface area contributed by atoms with E-state index in [0.717, 1.165) is 28.2 Å². The lowest BCUT2D eigenvalue weighted by molar-refractivity contribution is 0.0364. The third kappa shape index (κ3) is 3.66. The van der Waals surface area contributed by atoms with Crippen molar-refractivity contribution < 1.29 is 9.63 Å². The predicted octanol–water partition coefficient (Wildman–Crippen LogP) is 5.10. The Hall–Kier alpha value is -2.56. The van der Waals surface area contributed by atoms with Gasteiger partial charge < -0.3 is 4.57 Å². The zero-order valence-electron chi connectivity index (χ0n) is 15.0. The largest absolute Gasteiger partial charge is 0.313 e. The predicted molar refractivity (Wildman–Crippen MR) is 105 cm³/mol. The van der Waals surface area contributed by atoms with E-state index in [2.05, 4.69) is 16.1 Å². The zero-order valence-corrected chi connectivity index (χ0v) is 15.8. The van der Waals surface area contributed by atoms with Crippen molar-refractivity contribution in [1.82, 2.24) is 10.0 Å². The number of benzene rings is 2. The van der Waals surface area contributed by atoms with Crippen molar-refractivity contribution in [2.45, 2.75) is 20.8 Å². The van der Waals surface area contributed by atoms with Crippen LogP contribution in [0, 0.1) is 13.8 Å². The molecule has 2 aromatic carbocycles. The van der Waals surface area contributed by atoms with Crippen LogP contribution in [-0.2, 0) is 4.84 Å². The van der Waals surface area contributed by atoms with Crippen LogP contribution in [0.15, 0.2) is 54.6 Å². The number of aromatic nitrogens is 1. The van der Waals surface area contributed by atoms with Gasteiger partial charge in [-0.1, -0.05) is 35.9 Å². The highest BCUT2D eigenvalue weighted by Gasteiger charge is 2.19. The second kappa shape index (κ2) is 7.77. The highest BCUT2D eigenvalue weighted by Crippen LogP contribution is 2.30. The first-order chi connectivity index (χ1) is 12.5. The van der Waals surface area contributed by atoms with E-state index >= 15 is 0 Å². The first-order valence-electron chi connectivity index (χ1n) is 8.48. The molecule has 0 spiro atoms. The quantitative estimate of drug-likeness (QED) is 0.637. The number of carbonyl (C=O) groups is 1. The van der Waals surface area contributed by atoms with E-state index < -0.39 is 0 Å². The van der Waals surface area contributed by atoms with Gasteiger partial charge in [-0.05, 0) is 62.2 Å². The van der Waals surface area contributed by atoms with Crippen LogP contribution in [0.4, 0.5) is 0 Å². The van der Waals surface area contributed by atoms with Gasteiger partial charge in [0.05, 0.1) is 17.9 Å². The van der Waals surface area contributed by atoms with Crippen LogP contribution in [-0.4, -0.2) is 17.1 Å². The van der Waals surface area contributed by atoms with Crippen LogP contribution in [0.5, 0.6) is 0 Å². The highest BCUT2D eigenvalue weighted by molar-refractivity contribution is 6.30. The Bertz CT molecular complexity index is 930. The van der Waals surface area contributed by atoms with Gasteiger partial charge in [-0.2, -0.15) is 0 Å². The summed E-state index contributed by atoms with van der Waals surface area (Å²) in [5, 5.41) is 0.674. The normalized spacial score (nSPS) is 10.8. The molecule has 0 aliphatic rings. The summed E-state index contributed by atoms with van der Waals surface area (Å²) in [5.74, 6) is -0.258. The number of nitrogens with zero attached hydrogens (tertiary/aromatic N) is 1. The summed E-state index contributed by atoms with van der Waals surface area (Å²) >= 11 is 6.03. The smallest absolute Gasteiger partial charge is 0.276 e. The molecule has 0 bridgehead atoms. The Kier molecular flexibility index (Phi) is 5.45. The summed E-state index contributed by atoms with van der Waals surface area (Å²) < 4.78 is 2.08. The standard InChI is InChI=1S/C21H21ClN2O2/c1-4-26-23-21(25)19-13-20(16-8-10-17(22)11-9-16)24(15(19)3)18-7-5-6-14(2)12-18/h5-13H,4H2,1-3H3,(H,23,25). The molecule has 0 fully saturated rings. The van der Waals surface area contributed by atoms with Gasteiger partial charge in [0.15, 0.2) is 0 Å². The van der Waals surface area contributed by atoms with Crippen molar-refractivity contribution in [3.8, 4) is 16.9 Å². The molecule has 1 N–H and O–H groups in total. The molecule has 0 saturated heterocycles. The summed E-state index contributed by atoms with van der Waals surface area (Å²) in [4.78, 5) is 17.6. The molecule has 134 valence electrons. The summed E-state index contributed by atoms with van der Waals surface area (Å²) in [6.45, 7) is 6.22. The molecule has 1 heterocycles.